The maximum atomic E-state index is 12.8. The van der Waals surface area contributed by atoms with E-state index >= 15 is 0 Å². The normalized spacial score (nSPS) is 13.8. The van der Waals surface area contributed by atoms with Gasteiger partial charge in [-0.05, 0) is 38.0 Å². The zero-order valence-corrected chi connectivity index (χ0v) is 18.9. The molecule has 10 nitrogen and oxygen atoms in total. The zero-order chi connectivity index (χ0) is 23.7. The third-order valence-corrected chi connectivity index (χ3v) is 5.17. The zero-order valence-electron chi connectivity index (χ0n) is 18.9. The SMILES string of the molecule is CCOC(=O)C1CCN(C(=O)CN(C)C(=O)c2ccc(OCC(=O)OC)c(OC)c2)CC1. The minimum atomic E-state index is -0.545. The Hall–Kier alpha value is -3.30. The highest BCUT2D eigenvalue weighted by Crippen LogP contribution is 2.28. The predicted octanol–water partition coefficient (Wildman–Crippen LogP) is 1.12. The van der Waals surface area contributed by atoms with Crippen molar-refractivity contribution in [3.05, 3.63) is 23.8 Å². The minimum absolute atomic E-state index is 0.0915. The number of amides is 2. The van der Waals surface area contributed by atoms with Crippen LogP contribution >= 0.6 is 0 Å². The second kappa shape index (κ2) is 11.9. The maximum Gasteiger partial charge on any atom is 0.343 e. The molecule has 0 spiro atoms. The first kappa shape index (κ1) is 25.0. The van der Waals surface area contributed by atoms with Gasteiger partial charge in [0.05, 0.1) is 33.3 Å². The Morgan fingerprint density at radius 3 is 2.38 bits per heavy atom. The summed E-state index contributed by atoms with van der Waals surface area (Å²) < 4.78 is 20.2. The molecule has 10 heteroatoms. The van der Waals surface area contributed by atoms with Gasteiger partial charge < -0.3 is 28.7 Å². The van der Waals surface area contributed by atoms with E-state index in [1.54, 1.807) is 18.9 Å². The molecule has 0 aliphatic carbocycles. The molecule has 1 aliphatic rings. The lowest BCUT2D eigenvalue weighted by atomic mass is 9.97. The quantitative estimate of drug-likeness (QED) is 0.515. The molecule has 1 aliphatic heterocycles. The molecule has 0 bridgehead atoms. The van der Waals surface area contributed by atoms with Crippen LogP contribution in [0.3, 0.4) is 0 Å². The third kappa shape index (κ3) is 6.60. The number of hydrogen-bond acceptors (Lipinski definition) is 8. The Kier molecular flexibility index (Phi) is 9.30. The molecule has 32 heavy (non-hydrogen) atoms. The van der Waals surface area contributed by atoms with E-state index in [-0.39, 0.29) is 48.4 Å². The number of carbonyl (C=O) groups excluding carboxylic acids is 4. The molecule has 2 amide bonds. The van der Waals surface area contributed by atoms with Gasteiger partial charge in [0.15, 0.2) is 18.1 Å². The molecule has 1 saturated heterocycles. The van der Waals surface area contributed by atoms with Gasteiger partial charge in [0, 0.05) is 25.7 Å². The van der Waals surface area contributed by atoms with Gasteiger partial charge in [-0.15, -0.1) is 0 Å². The fourth-order valence-corrected chi connectivity index (χ4v) is 3.34. The van der Waals surface area contributed by atoms with Gasteiger partial charge in [0.25, 0.3) is 5.91 Å². The van der Waals surface area contributed by atoms with E-state index in [0.29, 0.717) is 38.1 Å². The second-order valence-corrected chi connectivity index (χ2v) is 7.30. The number of carbonyl (C=O) groups is 4. The van der Waals surface area contributed by atoms with E-state index in [1.807, 2.05) is 0 Å². The molecule has 0 aromatic heterocycles. The summed E-state index contributed by atoms with van der Waals surface area (Å²) in [5, 5.41) is 0. The Balaban J connectivity index is 1.93. The first-order chi connectivity index (χ1) is 15.3. The number of hydrogen-bond donors (Lipinski definition) is 0. The lowest BCUT2D eigenvalue weighted by Crippen LogP contribution is -2.45. The van der Waals surface area contributed by atoms with Crippen LogP contribution in [0.1, 0.15) is 30.1 Å². The van der Waals surface area contributed by atoms with E-state index < -0.39 is 5.97 Å². The number of piperidine rings is 1. The number of benzene rings is 1. The molecule has 0 radical (unpaired) electrons. The van der Waals surface area contributed by atoms with Crippen molar-refractivity contribution >= 4 is 23.8 Å². The summed E-state index contributed by atoms with van der Waals surface area (Å²) in [5.41, 5.74) is 0.309. The fraction of sp³-hybridized carbons (Fsp3) is 0.545. The highest BCUT2D eigenvalue weighted by molar-refractivity contribution is 5.97. The van der Waals surface area contributed by atoms with Crippen LogP contribution in [0.4, 0.5) is 0 Å². The number of nitrogens with zero attached hydrogens (tertiary/aromatic N) is 2. The van der Waals surface area contributed by atoms with Crippen LogP contribution in [-0.4, -0.2) is 87.7 Å². The van der Waals surface area contributed by atoms with Crippen LogP contribution in [0, 0.1) is 5.92 Å². The largest absolute Gasteiger partial charge is 0.493 e. The predicted molar refractivity (Wildman–Crippen MR) is 113 cm³/mol. The number of likely N-dealkylation sites (N-methyl/N-ethyl adjacent to an activating group) is 1. The van der Waals surface area contributed by atoms with E-state index in [9.17, 15) is 19.2 Å². The van der Waals surface area contributed by atoms with Crippen LogP contribution in [0.5, 0.6) is 11.5 Å². The van der Waals surface area contributed by atoms with Crippen molar-refractivity contribution in [1.82, 2.24) is 9.80 Å². The van der Waals surface area contributed by atoms with E-state index in [4.69, 9.17) is 14.2 Å². The molecular formula is C22H30N2O8. The Labute approximate surface area is 187 Å². The standard InChI is InChI=1S/C22H30N2O8/c1-5-31-22(28)15-8-10-24(11-9-15)19(25)13-23(2)21(27)16-6-7-17(18(12-16)29-3)32-14-20(26)30-4/h6-7,12,15H,5,8-11,13-14H2,1-4H3. The molecule has 0 atom stereocenters. The van der Waals surface area contributed by atoms with E-state index in [0.717, 1.165) is 0 Å². The van der Waals surface area contributed by atoms with E-state index in [2.05, 4.69) is 4.74 Å². The van der Waals surface area contributed by atoms with Gasteiger partial charge in [-0.3, -0.25) is 14.4 Å². The average molecular weight is 450 g/mol. The van der Waals surface area contributed by atoms with Gasteiger partial charge >= 0.3 is 11.9 Å². The molecular weight excluding hydrogens is 420 g/mol. The summed E-state index contributed by atoms with van der Waals surface area (Å²) in [6.45, 7) is 2.62. The summed E-state index contributed by atoms with van der Waals surface area (Å²) >= 11 is 0. The van der Waals surface area contributed by atoms with Crippen molar-refractivity contribution < 1.29 is 38.1 Å². The number of rotatable bonds is 9. The topological polar surface area (TPSA) is 112 Å². The number of methoxy groups -OCH3 is 2. The van der Waals surface area contributed by atoms with Crippen molar-refractivity contribution in [2.75, 3.05) is 54.1 Å². The smallest absolute Gasteiger partial charge is 0.343 e. The monoisotopic (exact) mass is 450 g/mol. The van der Waals surface area contributed by atoms with Gasteiger partial charge in [-0.2, -0.15) is 0 Å². The van der Waals surface area contributed by atoms with Crippen LogP contribution in [0.25, 0.3) is 0 Å². The second-order valence-electron chi connectivity index (χ2n) is 7.30. The maximum absolute atomic E-state index is 12.8. The van der Waals surface area contributed by atoms with Crippen molar-refractivity contribution in [3.63, 3.8) is 0 Å². The van der Waals surface area contributed by atoms with Gasteiger partial charge in [-0.25, -0.2) is 4.79 Å². The number of esters is 2. The van der Waals surface area contributed by atoms with Crippen molar-refractivity contribution in [3.8, 4) is 11.5 Å². The molecule has 176 valence electrons. The fourth-order valence-electron chi connectivity index (χ4n) is 3.34. The van der Waals surface area contributed by atoms with E-state index in [1.165, 1.54) is 37.3 Å². The molecule has 1 aromatic rings. The van der Waals surface area contributed by atoms with Crippen molar-refractivity contribution in [1.29, 1.82) is 0 Å². The lowest BCUT2D eigenvalue weighted by Gasteiger charge is -2.32. The number of likely N-dealkylation sites (tertiary alicyclic amines) is 1. The highest BCUT2D eigenvalue weighted by Gasteiger charge is 2.29. The Morgan fingerprint density at radius 2 is 1.78 bits per heavy atom. The molecule has 0 unspecified atom stereocenters. The van der Waals surface area contributed by atoms with Crippen LogP contribution in [0.15, 0.2) is 18.2 Å². The molecule has 0 N–H and O–H groups in total. The summed E-state index contributed by atoms with van der Waals surface area (Å²) in [6.07, 6.45) is 1.10. The summed E-state index contributed by atoms with van der Waals surface area (Å²) in [4.78, 5) is 51.5. The van der Waals surface area contributed by atoms with Gasteiger partial charge in [0.1, 0.15) is 0 Å². The lowest BCUT2D eigenvalue weighted by molar-refractivity contribution is -0.151. The summed E-state index contributed by atoms with van der Waals surface area (Å²) in [5.74, 6) is -0.939. The van der Waals surface area contributed by atoms with Crippen LogP contribution in [-0.2, 0) is 23.9 Å². The van der Waals surface area contributed by atoms with Crippen LogP contribution < -0.4 is 9.47 Å². The van der Waals surface area contributed by atoms with Crippen molar-refractivity contribution in [2.45, 2.75) is 19.8 Å². The molecule has 1 aromatic carbocycles. The minimum Gasteiger partial charge on any atom is -0.493 e. The molecule has 1 heterocycles. The number of ether oxygens (including phenoxy) is 4. The summed E-state index contributed by atoms with van der Waals surface area (Å²) in [6, 6.07) is 4.54. The first-order valence-electron chi connectivity index (χ1n) is 10.4. The Morgan fingerprint density at radius 1 is 1.09 bits per heavy atom. The van der Waals surface area contributed by atoms with Gasteiger partial charge in [0.2, 0.25) is 5.91 Å². The van der Waals surface area contributed by atoms with Crippen LogP contribution in [0.2, 0.25) is 0 Å². The molecule has 1 fully saturated rings. The molecule has 0 saturated carbocycles. The van der Waals surface area contributed by atoms with Gasteiger partial charge in [-0.1, -0.05) is 0 Å². The molecule has 2 rings (SSSR count). The first-order valence-corrected chi connectivity index (χ1v) is 10.4. The Bertz CT molecular complexity index is 833. The van der Waals surface area contributed by atoms with Crippen molar-refractivity contribution in [2.24, 2.45) is 5.92 Å². The summed E-state index contributed by atoms with van der Waals surface area (Å²) in [7, 11) is 4.21. The average Bonchev–Trinajstić information content (AvgIpc) is 2.81. The third-order valence-electron chi connectivity index (χ3n) is 5.17. The highest BCUT2D eigenvalue weighted by atomic mass is 16.6.